The highest BCUT2D eigenvalue weighted by atomic mass is 19.2. The summed E-state index contributed by atoms with van der Waals surface area (Å²) in [7, 11) is 0. The molecular weight excluding hydrogens is 466 g/mol. The van der Waals surface area contributed by atoms with Gasteiger partial charge in [0.25, 0.3) is 0 Å². The van der Waals surface area contributed by atoms with E-state index in [4.69, 9.17) is 5.73 Å². The molecule has 2 heterocycles. The van der Waals surface area contributed by atoms with Crippen LogP contribution >= 0.6 is 0 Å². The van der Waals surface area contributed by atoms with Crippen LogP contribution in [-0.4, -0.2) is 39.4 Å². The number of hydrogen-bond donors (Lipinski definition) is 3. The molecule has 0 aliphatic carbocycles. The van der Waals surface area contributed by atoms with Gasteiger partial charge in [-0.05, 0) is 53.8 Å². The monoisotopic (exact) mass is 494 g/mol. The molecule has 2 aromatic carbocycles. The van der Waals surface area contributed by atoms with Crippen LogP contribution in [0, 0.1) is 11.6 Å². The Balaban J connectivity index is 1.50. The lowest BCUT2D eigenvalue weighted by Crippen LogP contribution is -2.45. The third-order valence-electron chi connectivity index (χ3n) is 6.43. The zero-order valence-corrected chi connectivity index (χ0v) is 19.7. The fraction of sp³-hybridized carbons (Fsp3) is 0.296. The van der Waals surface area contributed by atoms with Gasteiger partial charge in [-0.1, -0.05) is 36.4 Å². The Bertz CT molecular complexity index is 1240. The minimum atomic E-state index is -1.70. The summed E-state index contributed by atoms with van der Waals surface area (Å²) >= 11 is 0. The minimum absolute atomic E-state index is 0.112. The molecular formula is C27H28F2N4O3. The fourth-order valence-corrected chi connectivity index (χ4v) is 4.52. The molecule has 1 saturated heterocycles. The highest BCUT2D eigenvalue weighted by molar-refractivity contribution is 5.88. The van der Waals surface area contributed by atoms with Crippen molar-refractivity contribution in [2.45, 2.75) is 43.9 Å². The summed E-state index contributed by atoms with van der Waals surface area (Å²) in [6, 6.07) is 15.2. The Morgan fingerprint density at radius 3 is 2.58 bits per heavy atom. The van der Waals surface area contributed by atoms with Gasteiger partial charge in [-0.3, -0.25) is 9.59 Å². The van der Waals surface area contributed by atoms with E-state index >= 15 is 0 Å². The Morgan fingerprint density at radius 2 is 1.86 bits per heavy atom. The molecule has 1 fully saturated rings. The second-order valence-electron chi connectivity index (χ2n) is 9.05. The smallest absolute Gasteiger partial charge is 0.243 e. The highest BCUT2D eigenvalue weighted by Gasteiger charge is 2.48. The average molecular weight is 495 g/mol. The van der Waals surface area contributed by atoms with Gasteiger partial charge in [0, 0.05) is 25.6 Å². The molecule has 0 unspecified atom stereocenters. The van der Waals surface area contributed by atoms with Gasteiger partial charge in [-0.2, -0.15) is 0 Å². The summed E-state index contributed by atoms with van der Waals surface area (Å²) in [5, 5.41) is 14.1. The highest BCUT2D eigenvalue weighted by Crippen LogP contribution is 2.37. The maximum Gasteiger partial charge on any atom is 0.243 e. The van der Waals surface area contributed by atoms with Crippen LogP contribution in [-0.2, 0) is 28.2 Å². The molecule has 2 amide bonds. The van der Waals surface area contributed by atoms with Crippen LogP contribution in [0.25, 0.3) is 0 Å². The number of β-amino-alcohol motifs (C(OH)–C–C–N with tert-alkyl or cyclic N) is 1. The lowest BCUT2D eigenvalue weighted by molar-refractivity contribution is -0.138. The molecule has 4 rings (SSSR count). The lowest BCUT2D eigenvalue weighted by atomic mass is 9.91. The molecule has 36 heavy (non-hydrogen) atoms. The van der Waals surface area contributed by atoms with E-state index in [2.05, 4.69) is 10.3 Å². The van der Waals surface area contributed by atoms with Crippen molar-refractivity contribution >= 4 is 17.6 Å². The maximum absolute atomic E-state index is 13.9. The number of likely N-dealkylation sites (tertiary alicyclic amines) is 1. The molecule has 0 radical (unpaired) electrons. The molecule has 0 bridgehead atoms. The number of anilines is 1. The number of carbonyl (C=O) groups is 2. The number of aromatic nitrogens is 1. The van der Waals surface area contributed by atoms with E-state index in [1.165, 1.54) is 17.2 Å². The van der Waals surface area contributed by atoms with Gasteiger partial charge in [-0.25, -0.2) is 13.8 Å². The SMILES string of the molecule is Nc1cc(CNC(=O)[C@@H]2C[C@@](O)(c3ccc(F)c(F)c3)CN2C(=O)CCCc2ccccc2)ccn1. The second-order valence-corrected chi connectivity index (χ2v) is 9.05. The van der Waals surface area contributed by atoms with Crippen molar-refractivity contribution in [1.29, 1.82) is 0 Å². The quantitative estimate of drug-likeness (QED) is 0.446. The Labute approximate surface area is 208 Å². The van der Waals surface area contributed by atoms with Crippen molar-refractivity contribution in [3.05, 3.63) is 95.2 Å². The fourth-order valence-electron chi connectivity index (χ4n) is 4.52. The van der Waals surface area contributed by atoms with Crippen LogP contribution in [0.3, 0.4) is 0 Å². The maximum atomic E-state index is 13.9. The number of amides is 2. The van der Waals surface area contributed by atoms with Crippen LogP contribution in [0.1, 0.15) is 36.0 Å². The number of carbonyl (C=O) groups excluding carboxylic acids is 2. The Morgan fingerprint density at radius 1 is 1.08 bits per heavy atom. The topological polar surface area (TPSA) is 109 Å². The molecule has 9 heteroatoms. The summed E-state index contributed by atoms with van der Waals surface area (Å²) in [6.45, 7) is -0.0514. The summed E-state index contributed by atoms with van der Waals surface area (Å²) < 4.78 is 27.4. The molecule has 2 atom stereocenters. The van der Waals surface area contributed by atoms with E-state index in [1.54, 1.807) is 12.1 Å². The number of nitrogens with two attached hydrogens (primary N) is 1. The van der Waals surface area contributed by atoms with Gasteiger partial charge in [-0.15, -0.1) is 0 Å². The molecule has 3 aromatic rings. The number of hydrogen-bond acceptors (Lipinski definition) is 5. The van der Waals surface area contributed by atoms with Crippen molar-refractivity contribution in [1.82, 2.24) is 15.2 Å². The predicted octanol–water partition coefficient (Wildman–Crippen LogP) is 3.07. The van der Waals surface area contributed by atoms with Gasteiger partial charge < -0.3 is 21.1 Å². The molecule has 0 saturated carbocycles. The first-order chi connectivity index (χ1) is 17.2. The summed E-state index contributed by atoms with van der Waals surface area (Å²) in [4.78, 5) is 31.6. The van der Waals surface area contributed by atoms with Crippen molar-refractivity contribution in [2.24, 2.45) is 0 Å². The number of halogens is 2. The van der Waals surface area contributed by atoms with Crippen LogP contribution in [0.4, 0.5) is 14.6 Å². The third kappa shape index (κ3) is 5.85. The largest absolute Gasteiger partial charge is 0.384 e. The zero-order chi connectivity index (χ0) is 25.7. The van der Waals surface area contributed by atoms with Crippen LogP contribution in [0.2, 0.25) is 0 Å². The number of benzene rings is 2. The second kappa shape index (κ2) is 10.8. The van der Waals surface area contributed by atoms with Gasteiger partial charge in [0.05, 0.1) is 6.54 Å². The van der Waals surface area contributed by atoms with Crippen LogP contribution in [0.5, 0.6) is 0 Å². The molecule has 1 aliphatic rings. The molecule has 0 spiro atoms. The molecule has 1 aromatic heterocycles. The number of nitrogens with one attached hydrogen (secondary N) is 1. The van der Waals surface area contributed by atoms with Gasteiger partial charge in [0.2, 0.25) is 11.8 Å². The third-order valence-corrected chi connectivity index (χ3v) is 6.43. The standard InChI is InChI=1S/C27H28F2N4O3/c28-21-10-9-20(14-22(21)29)27(36)15-23(26(35)32-16-19-11-12-31-24(30)13-19)33(17-27)25(34)8-4-7-18-5-2-1-3-6-18/h1-3,5-6,9-14,23,36H,4,7-8,15-17H2,(H2,30,31)(H,32,35)/t23-,27-/m0/s1. The zero-order valence-electron chi connectivity index (χ0n) is 19.7. The number of rotatable bonds is 8. The van der Waals surface area contributed by atoms with E-state index in [0.717, 1.165) is 23.3 Å². The average Bonchev–Trinajstić information content (AvgIpc) is 3.24. The first-order valence-electron chi connectivity index (χ1n) is 11.7. The number of nitrogen functional groups attached to an aromatic ring is 1. The molecule has 4 N–H and O–H groups in total. The number of aliphatic hydroxyl groups is 1. The molecule has 7 nitrogen and oxygen atoms in total. The Kier molecular flexibility index (Phi) is 7.59. The van der Waals surface area contributed by atoms with Gasteiger partial charge >= 0.3 is 0 Å². The van der Waals surface area contributed by atoms with E-state index in [0.29, 0.717) is 18.7 Å². The first-order valence-corrected chi connectivity index (χ1v) is 11.7. The van der Waals surface area contributed by atoms with E-state index in [-0.39, 0.29) is 37.4 Å². The predicted molar refractivity (Wildman–Crippen MR) is 130 cm³/mol. The van der Waals surface area contributed by atoms with E-state index in [9.17, 15) is 23.5 Å². The number of pyridine rings is 1. The van der Waals surface area contributed by atoms with Gasteiger partial charge in [0.15, 0.2) is 11.6 Å². The van der Waals surface area contributed by atoms with Gasteiger partial charge in [0.1, 0.15) is 17.5 Å². The number of nitrogens with zero attached hydrogens (tertiary/aromatic N) is 2. The Hall–Kier alpha value is -3.85. The van der Waals surface area contributed by atoms with Crippen molar-refractivity contribution in [3.63, 3.8) is 0 Å². The molecule has 1 aliphatic heterocycles. The molecule has 188 valence electrons. The van der Waals surface area contributed by atoms with Crippen molar-refractivity contribution in [3.8, 4) is 0 Å². The summed E-state index contributed by atoms with van der Waals surface area (Å²) in [5.74, 6) is -2.59. The summed E-state index contributed by atoms with van der Waals surface area (Å²) in [5.41, 5.74) is 5.92. The van der Waals surface area contributed by atoms with Crippen LogP contribution < -0.4 is 11.1 Å². The first kappa shape index (κ1) is 25.2. The van der Waals surface area contributed by atoms with E-state index < -0.39 is 29.2 Å². The van der Waals surface area contributed by atoms with Crippen molar-refractivity contribution < 1.29 is 23.5 Å². The summed E-state index contributed by atoms with van der Waals surface area (Å²) in [6.07, 6.45) is 2.80. The van der Waals surface area contributed by atoms with Crippen molar-refractivity contribution in [2.75, 3.05) is 12.3 Å². The minimum Gasteiger partial charge on any atom is -0.384 e. The van der Waals surface area contributed by atoms with E-state index in [1.807, 2.05) is 30.3 Å². The number of aryl methyl sites for hydroxylation is 1. The van der Waals surface area contributed by atoms with Crippen LogP contribution in [0.15, 0.2) is 66.9 Å². The normalized spacial score (nSPS) is 19.3. The lowest BCUT2D eigenvalue weighted by Gasteiger charge is -2.25.